The van der Waals surface area contributed by atoms with Gasteiger partial charge in [-0.3, -0.25) is 4.79 Å². The number of alkyl halides is 3. The summed E-state index contributed by atoms with van der Waals surface area (Å²) in [4.78, 5) is 12.1. The summed E-state index contributed by atoms with van der Waals surface area (Å²) in [5, 5.41) is 2.27. The summed E-state index contributed by atoms with van der Waals surface area (Å²) < 4.78 is 49.9. The number of aryl methyl sites for hydroxylation is 1. The van der Waals surface area contributed by atoms with E-state index in [9.17, 15) is 18.0 Å². The van der Waals surface area contributed by atoms with Crippen LogP contribution in [0.4, 0.5) is 18.9 Å². The average Bonchev–Trinajstić information content (AvgIpc) is 2.85. The van der Waals surface area contributed by atoms with E-state index in [2.05, 4.69) is 5.32 Å². The van der Waals surface area contributed by atoms with Gasteiger partial charge in [0.1, 0.15) is 11.5 Å². The Morgan fingerprint density at radius 1 is 1.26 bits per heavy atom. The quantitative estimate of drug-likeness (QED) is 0.889. The van der Waals surface area contributed by atoms with Gasteiger partial charge in [-0.25, -0.2) is 0 Å². The fourth-order valence-corrected chi connectivity index (χ4v) is 2.02. The van der Waals surface area contributed by atoms with E-state index in [1.165, 1.54) is 24.5 Å². The molecule has 0 bridgehead atoms. The molecule has 0 saturated heterocycles. The minimum atomic E-state index is -4.62. The maximum absolute atomic E-state index is 13.2. The van der Waals surface area contributed by atoms with E-state index in [4.69, 9.17) is 9.15 Å². The number of anilines is 1. The van der Waals surface area contributed by atoms with Crippen LogP contribution in [0.3, 0.4) is 0 Å². The number of furan rings is 1. The van der Waals surface area contributed by atoms with Crippen LogP contribution in [0.2, 0.25) is 0 Å². The Hall–Kier alpha value is -2.44. The van der Waals surface area contributed by atoms with Crippen molar-refractivity contribution in [2.24, 2.45) is 0 Å². The highest BCUT2D eigenvalue weighted by atomic mass is 19.4. The molecule has 0 spiro atoms. The Morgan fingerprint density at radius 2 is 1.96 bits per heavy atom. The number of rotatable bonds is 4. The molecule has 0 aliphatic heterocycles. The number of benzene rings is 1. The van der Waals surface area contributed by atoms with Gasteiger partial charge in [-0.1, -0.05) is 0 Å². The van der Waals surface area contributed by atoms with Gasteiger partial charge in [0, 0.05) is 0 Å². The third-order valence-corrected chi connectivity index (χ3v) is 3.02. The number of amides is 1. The summed E-state index contributed by atoms with van der Waals surface area (Å²) in [6.07, 6.45) is -3.58. The van der Waals surface area contributed by atoms with Crippen LogP contribution in [0.15, 0.2) is 34.9 Å². The fraction of sp³-hybridized carbons (Fsp3) is 0.312. The minimum Gasteiger partial charge on any atom is -0.491 e. The Kier molecular flexibility index (Phi) is 4.68. The second-order valence-corrected chi connectivity index (χ2v) is 5.22. The Bertz CT molecular complexity index is 705. The molecule has 0 fully saturated rings. The molecule has 0 atom stereocenters. The topological polar surface area (TPSA) is 51.5 Å². The van der Waals surface area contributed by atoms with Gasteiger partial charge < -0.3 is 14.5 Å². The Balaban J connectivity index is 2.34. The number of ether oxygens (including phenoxy) is 1. The predicted molar refractivity (Wildman–Crippen MR) is 78.6 cm³/mol. The molecule has 4 nitrogen and oxygen atoms in total. The largest absolute Gasteiger partial charge is 0.491 e. The highest BCUT2D eigenvalue weighted by Crippen LogP contribution is 2.37. The predicted octanol–water partition coefficient (Wildman–Crippen LogP) is 4.65. The number of hydrogen-bond acceptors (Lipinski definition) is 3. The summed E-state index contributed by atoms with van der Waals surface area (Å²) in [5.41, 5.74) is -1.12. The summed E-state index contributed by atoms with van der Waals surface area (Å²) in [6.45, 7) is 4.98. The van der Waals surface area contributed by atoms with Crippen molar-refractivity contribution < 1.29 is 27.1 Å². The van der Waals surface area contributed by atoms with E-state index >= 15 is 0 Å². The van der Waals surface area contributed by atoms with Gasteiger partial charge in [0.15, 0.2) is 0 Å². The minimum absolute atomic E-state index is 0.0878. The van der Waals surface area contributed by atoms with E-state index in [0.29, 0.717) is 5.76 Å². The summed E-state index contributed by atoms with van der Waals surface area (Å²) in [7, 11) is 0. The van der Waals surface area contributed by atoms with Crippen LogP contribution in [0.5, 0.6) is 5.75 Å². The van der Waals surface area contributed by atoms with Crippen molar-refractivity contribution in [3.05, 3.63) is 47.4 Å². The monoisotopic (exact) mass is 327 g/mol. The van der Waals surface area contributed by atoms with E-state index in [0.717, 1.165) is 6.07 Å². The molecular formula is C16H16F3NO3. The van der Waals surface area contributed by atoms with E-state index in [1.54, 1.807) is 20.8 Å². The van der Waals surface area contributed by atoms with Gasteiger partial charge in [-0.2, -0.15) is 13.2 Å². The normalized spacial score (nSPS) is 11.6. The lowest BCUT2D eigenvalue weighted by molar-refractivity contribution is -0.137. The van der Waals surface area contributed by atoms with Crippen LogP contribution in [0.1, 0.15) is 35.5 Å². The lowest BCUT2D eigenvalue weighted by Crippen LogP contribution is -2.17. The van der Waals surface area contributed by atoms with Crippen LogP contribution in [-0.2, 0) is 6.18 Å². The molecule has 1 heterocycles. The molecule has 1 aromatic heterocycles. The van der Waals surface area contributed by atoms with Crippen LogP contribution in [0, 0.1) is 6.92 Å². The molecule has 2 aromatic rings. The lowest BCUT2D eigenvalue weighted by atomic mass is 10.1. The van der Waals surface area contributed by atoms with Crippen molar-refractivity contribution in [3.63, 3.8) is 0 Å². The molecule has 23 heavy (non-hydrogen) atoms. The molecule has 0 aliphatic carbocycles. The molecule has 0 aliphatic rings. The zero-order chi connectivity index (χ0) is 17.2. The van der Waals surface area contributed by atoms with E-state index in [1.807, 2.05) is 0 Å². The molecule has 7 heteroatoms. The number of nitrogens with one attached hydrogen (secondary N) is 1. The first-order chi connectivity index (χ1) is 10.7. The molecule has 2 rings (SSSR count). The number of hydrogen-bond donors (Lipinski definition) is 1. The van der Waals surface area contributed by atoms with Crippen molar-refractivity contribution in [3.8, 4) is 5.75 Å². The van der Waals surface area contributed by atoms with Gasteiger partial charge >= 0.3 is 6.18 Å². The van der Waals surface area contributed by atoms with Gasteiger partial charge in [0.05, 0.1) is 29.2 Å². The number of halogens is 3. The molecule has 0 saturated carbocycles. The van der Waals surface area contributed by atoms with Gasteiger partial charge in [0.25, 0.3) is 5.91 Å². The van der Waals surface area contributed by atoms with Crippen LogP contribution < -0.4 is 10.1 Å². The van der Waals surface area contributed by atoms with Crippen LogP contribution in [-0.4, -0.2) is 12.0 Å². The third-order valence-electron chi connectivity index (χ3n) is 3.02. The van der Waals surface area contributed by atoms with Crippen molar-refractivity contribution in [1.29, 1.82) is 0 Å². The summed E-state index contributed by atoms with van der Waals surface area (Å²) in [5.74, 6) is -0.250. The summed E-state index contributed by atoms with van der Waals surface area (Å²) in [6, 6.07) is 4.83. The number of carbonyl (C=O) groups is 1. The number of carbonyl (C=O) groups excluding carboxylic acids is 1. The molecule has 1 amide bonds. The third kappa shape index (κ3) is 4.06. The zero-order valence-corrected chi connectivity index (χ0v) is 12.8. The van der Waals surface area contributed by atoms with Crippen molar-refractivity contribution in [1.82, 2.24) is 0 Å². The van der Waals surface area contributed by atoms with E-state index < -0.39 is 17.6 Å². The lowest BCUT2D eigenvalue weighted by Gasteiger charge is -2.16. The SMILES string of the molecule is Cc1occc1C(=O)Nc1ccc(OC(C)C)cc1C(F)(F)F. The Labute approximate surface area is 131 Å². The smallest absolute Gasteiger partial charge is 0.418 e. The van der Waals surface area contributed by atoms with Gasteiger partial charge in [-0.15, -0.1) is 0 Å². The Morgan fingerprint density at radius 3 is 2.48 bits per heavy atom. The fourth-order valence-electron chi connectivity index (χ4n) is 2.02. The zero-order valence-electron chi connectivity index (χ0n) is 12.8. The van der Waals surface area contributed by atoms with Crippen LogP contribution in [0.25, 0.3) is 0 Å². The second kappa shape index (κ2) is 6.36. The van der Waals surface area contributed by atoms with Gasteiger partial charge in [-0.05, 0) is 45.0 Å². The molecule has 0 radical (unpaired) electrons. The van der Waals surface area contributed by atoms with E-state index in [-0.39, 0.29) is 23.1 Å². The standard InChI is InChI=1S/C16H16F3NO3/c1-9(2)23-11-4-5-14(13(8-11)16(17,18)19)20-15(21)12-6-7-22-10(12)3/h4-9H,1-3H3,(H,20,21). The molecule has 1 N–H and O–H groups in total. The average molecular weight is 327 g/mol. The second-order valence-electron chi connectivity index (χ2n) is 5.22. The maximum Gasteiger partial charge on any atom is 0.418 e. The highest BCUT2D eigenvalue weighted by Gasteiger charge is 2.34. The summed E-state index contributed by atoms with van der Waals surface area (Å²) >= 11 is 0. The van der Waals surface area contributed by atoms with Gasteiger partial charge in [0.2, 0.25) is 0 Å². The highest BCUT2D eigenvalue weighted by molar-refractivity contribution is 6.05. The first kappa shape index (κ1) is 16.9. The van der Waals surface area contributed by atoms with Crippen molar-refractivity contribution >= 4 is 11.6 Å². The maximum atomic E-state index is 13.2. The van der Waals surface area contributed by atoms with Crippen LogP contribution >= 0.6 is 0 Å². The molecule has 1 aromatic carbocycles. The molecule has 0 unspecified atom stereocenters. The van der Waals surface area contributed by atoms with Crippen molar-refractivity contribution in [2.75, 3.05) is 5.32 Å². The van der Waals surface area contributed by atoms with Crippen molar-refractivity contribution in [2.45, 2.75) is 33.1 Å². The first-order valence-corrected chi connectivity index (χ1v) is 6.92. The molecular weight excluding hydrogens is 311 g/mol. The molecule has 124 valence electrons. The first-order valence-electron chi connectivity index (χ1n) is 6.92.